The third-order valence-corrected chi connectivity index (χ3v) is 8.32. The van der Waals surface area contributed by atoms with Gasteiger partial charge in [-0.1, -0.05) is 23.7 Å². The number of aliphatic hydroxyl groups excluding tert-OH is 1. The van der Waals surface area contributed by atoms with Crippen molar-refractivity contribution in [3.63, 3.8) is 0 Å². The lowest BCUT2D eigenvalue weighted by Crippen LogP contribution is -2.45. The number of hydrogen-bond acceptors (Lipinski definition) is 8. The number of hydrogen-bond donors (Lipinski definition) is 1. The van der Waals surface area contributed by atoms with Gasteiger partial charge in [0.2, 0.25) is 5.91 Å². The molecule has 11 heteroatoms. The number of cyclic esters (lactones) is 1. The zero-order valence-electron chi connectivity index (χ0n) is 18.8. The molecule has 1 amide bonds. The van der Waals surface area contributed by atoms with E-state index in [0.717, 1.165) is 43.5 Å². The van der Waals surface area contributed by atoms with Gasteiger partial charge in [0, 0.05) is 29.8 Å². The third-order valence-electron chi connectivity index (χ3n) is 7.87. The average Bonchev–Trinajstić information content (AvgIpc) is 3.57. The highest BCUT2D eigenvalue weighted by Crippen LogP contribution is 2.44. The van der Waals surface area contributed by atoms with Crippen LogP contribution in [-0.2, 0) is 20.9 Å². The standard InChI is InChI=1S/C23H25ClN6O4/c1-13-17(12-34-21(13)32)29-9-6-23(22(29)33)4-7-28(8-5-23)11-18(31)15-3-2-14-16(19(15)24)10-30-20(14)25-26-27-30/h2-3,18,31H,4-12H2,1H3/t18-/m1/s1. The molecule has 1 spiro atoms. The number of halogens is 1. The number of likely N-dealkylation sites (tertiary alicyclic amines) is 2. The minimum Gasteiger partial charge on any atom is -0.456 e. The quantitative estimate of drug-likeness (QED) is 0.555. The predicted molar refractivity (Wildman–Crippen MR) is 120 cm³/mol. The van der Waals surface area contributed by atoms with E-state index in [1.807, 2.05) is 12.1 Å². The Labute approximate surface area is 201 Å². The molecule has 6 rings (SSSR count). The smallest absolute Gasteiger partial charge is 0.336 e. The van der Waals surface area contributed by atoms with Crippen LogP contribution in [0.3, 0.4) is 0 Å². The van der Waals surface area contributed by atoms with E-state index in [0.29, 0.717) is 47.3 Å². The van der Waals surface area contributed by atoms with Crippen molar-refractivity contribution in [2.45, 2.75) is 38.8 Å². The van der Waals surface area contributed by atoms with Crippen LogP contribution in [0, 0.1) is 5.41 Å². The van der Waals surface area contributed by atoms with Crippen molar-refractivity contribution >= 4 is 23.5 Å². The lowest BCUT2D eigenvalue weighted by atomic mass is 9.77. The zero-order chi connectivity index (χ0) is 23.6. The van der Waals surface area contributed by atoms with Crippen LogP contribution >= 0.6 is 11.6 Å². The summed E-state index contributed by atoms with van der Waals surface area (Å²) in [5, 5.41) is 23.2. The summed E-state index contributed by atoms with van der Waals surface area (Å²) in [4.78, 5) is 29.0. The highest BCUT2D eigenvalue weighted by atomic mass is 35.5. The maximum absolute atomic E-state index is 13.3. The minimum absolute atomic E-state index is 0.0997. The Morgan fingerprint density at radius 3 is 2.71 bits per heavy atom. The number of benzene rings is 1. The predicted octanol–water partition coefficient (Wildman–Crippen LogP) is 1.53. The van der Waals surface area contributed by atoms with Gasteiger partial charge in [-0.05, 0) is 49.7 Å². The summed E-state index contributed by atoms with van der Waals surface area (Å²) in [7, 11) is 0. The number of β-amino-alcohol motifs (C(OH)–C–C–N with tert-alkyl or cyclic N) is 1. The highest BCUT2D eigenvalue weighted by Gasteiger charge is 2.50. The molecular formula is C23H25ClN6O4. The fourth-order valence-corrected chi connectivity index (χ4v) is 6.06. The molecular weight excluding hydrogens is 460 g/mol. The average molecular weight is 485 g/mol. The third kappa shape index (κ3) is 3.19. The first kappa shape index (κ1) is 21.7. The molecule has 1 N–H and O–H groups in total. The maximum Gasteiger partial charge on any atom is 0.336 e. The van der Waals surface area contributed by atoms with Gasteiger partial charge in [-0.2, -0.15) is 0 Å². The number of fused-ring (bicyclic) bond motifs is 3. The highest BCUT2D eigenvalue weighted by molar-refractivity contribution is 6.32. The van der Waals surface area contributed by atoms with Crippen LogP contribution in [-0.4, -0.2) is 79.8 Å². The summed E-state index contributed by atoms with van der Waals surface area (Å²) in [5.74, 6) is 0.451. The number of aliphatic hydroxyl groups is 1. The number of nitrogens with zero attached hydrogens (tertiary/aromatic N) is 6. The number of amides is 1. The van der Waals surface area contributed by atoms with Crippen molar-refractivity contribution in [1.82, 2.24) is 30.0 Å². The molecule has 0 radical (unpaired) electrons. The number of tetrazole rings is 1. The summed E-state index contributed by atoms with van der Waals surface area (Å²) >= 11 is 6.68. The number of carbonyl (C=O) groups is 2. The topological polar surface area (TPSA) is 114 Å². The molecule has 2 aromatic rings. The van der Waals surface area contributed by atoms with Gasteiger partial charge in [-0.25, -0.2) is 9.48 Å². The van der Waals surface area contributed by atoms with Crippen LogP contribution in [0.25, 0.3) is 11.4 Å². The normalized spacial score (nSPS) is 22.5. The van der Waals surface area contributed by atoms with Crippen LogP contribution in [0.4, 0.5) is 0 Å². The molecule has 0 aliphatic carbocycles. The molecule has 4 aliphatic rings. The van der Waals surface area contributed by atoms with E-state index in [-0.39, 0.29) is 18.5 Å². The molecule has 34 heavy (non-hydrogen) atoms. The van der Waals surface area contributed by atoms with Crippen LogP contribution in [0.1, 0.15) is 43.4 Å². The van der Waals surface area contributed by atoms with Gasteiger partial charge >= 0.3 is 5.97 Å². The van der Waals surface area contributed by atoms with Gasteiger partial charge < -0.3 is 19.6 Å². The van der Waals surface area contributed by atoms with E-state index in [4.69, 9.17) is 16.3 Å². The number of aromatic nitrogens is 4. The van der Waals surface area contributed by atoms with E-state index in [9.17, 15) is 14.7 Å². The molecule has 10 nitrogen and oxygen atoms in total. The van der Waals surface area contributed by atoms with Crippen LogP contribution < -0.4 is 0 Å². The maximum atomic E-state index is 13.3. The molecule has 1 aromatic heterocycles. The van der Waals surface area contributed by atoms with Crippen molar-refractivity contribution < 1.29 is 19.4 Å². The number of piperidine rings is 1. The Morgan fingerprint density at radius 1 is 1.21 bits per heavy atom. The summed E-state index contributed by atoms with van der Waals surface area (Å²) in [6.07, 6.45) is 1.50. The van der Waals surface area contributed by atoms with Gasteiger partial charge in [-0.3, -0.25) is 4.79 Å². The lowest BCUT2D eigenvalue weighted by Gasteiger charge is -2.38. The first-order valence-electron chi connectivity index (χ1n) is 11.5. The molecule has 0 bridgehead atoms. The van der Waals surface area contributed by atoms with Crippen molar-refractivity contribution in [2.75, 3.05) is 32.8 Å². The van der Waals surface area contributed by atoms with Crippen LogP contribution in [0.5, 0.6) is 0 Å². The lowest BCUT2D eigenvalue weighted by molar-refractivity contribution is -0.138. The van der Waals surface area contributed by atoms with Gasteiger partial charge in [-0.15, -0.1) is 5.10 Å². The van der Waals surface area contributed by atoms with Crippen LogP contribution in [0.15, 0.2) is 23.4 Å². The fraction of sp³-hybridized carbons (Fsp3) is 0.522. The van der Waals surface area contributed by atoms with Gasteiger partial charge in [0.05, 0.1) is 34.4 Å². The fourth-order valence-electron chi connectivity index (χ4n) is 5.71. The van der Waals surface area contributed by atoms with Crippen molar-refractivity contribution in [3.8, 4) is 11.4 Å². The summed E-state index contributed by atoms with van der Waals surface area (Å²) < 4.78 is 6.80. The van der Waals surface area contributed by atoms with E-state index < -0.39 is 11.5 Å². The molecule has 0 saturated carbocycles. The second-order valence-corrected chi connectivity index (χ2v) is 9.98. The first-order chi connectivity index (χ1) is 16.4. The van der Waals surface area contributed by atoms with Crippen molar-refractivity contribution in [1.29, 1.82) is 0 Å². The molecule has 0 unspecified atom stereocenters. The van der Waals surface area contributed by atoms with E-state index in [2.05, 4.69) is 20.4 Å². The number of rotatable bonds is 4. The molecule has 2 saturated heterocycles. The Hall–Kier alpha value is -2.82. The SMILES string of the molecule is CC1=C(N2CCC3(CCN(C[C@@H](O)c4ccc5c(c4Cl)Cn4nnnc4-5)CC3)C2=O)COC1=O. The number of carbonyl (C=O) groups excluding carboxylic acids is 2. The monoisotopic (exact) mass is 484 g/mol. The van der Waals surface area contributed by atoms with Crippen molar-refractivity contribution in [3.05, 3.63) is 39.6 Å². The summed E-state index contributed by atoms with van der Waals surface area (Å²) in [6.45, 7) is 4.91. The Bertz CT molecular complexity index is 1230. The van der Waals surface area contributed by atoms with E-state index >= 15 is 0 Å². The molecule has 178 valence electrons. The van der Waals surface area contributed by atoms with E-state index in [1.165, 1.54) is 0 Å². The van der Waals surface area contributed by atoms with Crippen LogP contribution in [0.2, 0.25) is 5.02 Å². The number of esters is 1. The second kappa shape index (κ2) is 7.86. The molecule has 5 heterocycles. The molecule has 4 aliphatic heterocycles. The molecule has 2 fully saturated rings. The first-order valence-corrected chi connectivity index (χ1v) is 11.9. The minimum atomic E-state index is -0.740. The van der Waals surface area contributed by atoms with E-state index in [1.54, 1.807) is 16.5 Å². The molecule has 1 atom stereocenters. The Balaban J connectivity index is 1.11. The van der Waals surface area contributed by atoms with Gasteiger partial charge in [0.1, 0.15) is 6.61 Å². The zero-order valence-corrected chi connectivity index (χ0v) is 19.6. The second-order valence-electron chi connectivity index (χ2n) is 9.61. The molecule has 1 aromatic carbocycles. The summed E-state index contributed by atoms with van der Waals surface area (Å²) in [6, 6.07) is 3.76. The summed E-state index contributed by atoms with van der Waals surface area (Å²) in [5.41, 5.74) is 3.35. The largest absolute Gasteiger partial charge is 0.456 e. The van der Waals surface area contributed by atoms with Gasteiger partial charge in [0.15, 0.2) is 5.82 Å². The number of ether oxygens (including phenoxy) is 1. The Kier molecular flexibility index (Phi) is 5.02. The van der Waals surface area contributed by atoms with Gasteiger partial charge in [0.25, 0.3) is 0 Å². The Morgan fingerprint density at radius 2 is 1.97 bits per heavy atom. The van der Waals surface area contributed by atoms with Crippen molar-refractivity contribution in [2.24, 2.45) is 5.41 Å².